The van der Waals surface area contributed by atoms with Crippen LogP contribution >= 0.6 is 0 Å². The van der Waals surface area contributed by atoms with Crippen molar-refractivity contribution in [3.63, 3.8) is 0 Å². The van der Waals surface area contributed by atoms with Gasteiger partial charge in [0.05, 0.1) is 5.69 Å². The molecule has 1 heterocycles. The summed E-state index contributed by atoms with van der Waals surface area (Å²) in [6.07, 6.45) is 5.27. The number of allylic oxidation sites excluding steroid dienone is 1. The summed E-state index contributed by atoms with van der Waals surface area (Å²) in [4.78, 5) is 24.3. The third-order valence-electron chi connectivity index (χ3n) is 1.43. The zero-order valence-electron chi connectivity index (χ0n) is 7.01. The Labute approximate surface area is 76.1 Å². The van der Waals surface area contributed by atoms with Crippen molar-refractivity contribution in [2.45, 2.75) is 6.42 Å². The average Bonchev–Trinajstić information content (AvgIpc) is 2.19. The molecule has 0 aliphatic rings. The van der Waals surface area contributed by atoms with Crippen LogP contribution in [0.3, 0.4) is 0 Å². The van der Waals surface area contributed by atoms with Crippen LogP contribution in [0.25, 0.3) is 6.08 Å². The minimum atomic E-state index is 0.368. The highest BCUT2D eigenvalue weighted by Crippen LogP contribution is 1.99. The highest BCUT2D eigenvalue weighted by Gasteiger charge is 1.91. The van der Waals surface area contributed by atoms with Gasteiger partial charge in [0.2, 0.25) is 0 Å². The minimum Gasteiger partial charge on any atom is -0.303 e. The molecule has 13 heavy (non-hydrogen) atoms. The van der Waals surface area contributed by atoms with Crippen LogP contribution in [0.4, 0.5) is 0 Å². The molecule has 1 aromatic heterocycles. The fourth-order valence-corrected chi connectivity index (χ4v) is 0.872. The van der Waals surface area contributed by atoms with Crippen LogP contribution in [0.15, 0.2) is 24.3 Å². The van der Waals surface area contributed by atoms with Crippen molar-refractivity contribution in [3.05, 3.63) is 35.7 Å². The van der Waals surface area contributed by atoms with Crippen LogP contribution in [-0.4, -0.2) is 17.6 Å². The Morgan fingerprint density at radius 3 is 2.69 bits per heavy atom. The van der Waals surface area contributed by atoms with E-state index in [2.05, 4.69) is 4.98 Å². The fourth-order valence-electron chi connectivity index (χ4n) is 0.872. The summed E-state index contributed by atoms with van der Waals surface area (Å²) in [7, 11) is 0. The maximum atomic E-state index is 10.3. The molecule has 0 amide bonds. The lowest BCUT2D eigenvalue weighted by molar-refractivity contribution is -0.107. The van der Waals surface area contributed by atoms with E-state index in [1.807, 2.05) is 0 Å². The van der Waals surface area contributed by atoms with Crippen LogP contribution in [0.2, 0.25) is 0 Å². The fraction of sp³-hybridized carbons (Fsp3) is 0.100. The number of carbonyl (C=O) groups excluding carboxylic acids is 2. The van der Waals surface area contributed by atoms with E-state index in [-0.39, 0.29) is 0 Å². The van der Waals surface area contributed by atoms with Gasteiger partial charge in [0.1, 0.15) is 12.0 Å². The van der Waals surface area contributed by atoms with E-state index in [0.29, 0.717) is 24.1 Å². The van der Waals surface area contributed by atoms with E-state index in [4.69, 9.17) is 0 Å². The van der Waals surface area contributed by atoms with Gasteiger partial charge in [-0.3, -0.25) is 4.79 Å². The molecule has 0 unspecified atom stereocenters. The van der Waals surface area contributed by atoms with Crippen molar-refractivity contribution in [2.75, 3.05) is 0 Å². The molecule has 1 aromatic rings. The van der Waals surface area contributed by atoms with Crippen molar-refractivity contribution in [1.82, 2.24) is 4.98 Å². The number of pyridine rings is 1. The number of hydrogen-bond acceptors (Lipinski definition) is 3. The Hall–Kier alpha value is -1.77. The lowest BCUT2D eigenvalue weighted by Gasteiger charge is -1.92. The normalized spacial score (nSPS) is 10.2. The van der Waals surface area contributed by atoms with Crippen molar-refractivity contribution in [1.29, 1.82) is 0 Å². The van der Waals surface area contributed by atoms with Gasteiger partial charge in [-0.1, -0.05) is 12.1 Å². The maximum absolute atomic E-state index is 10.3. The van der Waals surface area contributed by atoms with Crippen molar-refractivity contribution < 1.29 is 9.59 Å². The summed E-state index contributed by atoms with van der Waals surface area (Å²) >= 11 is 0. The molecule has 0 spiro atoms. The highest BCUT2D eigenvalue weighted by molar-refractivity contribution is 5.72. The number of aromatic nitrogens is 1. The molecule has 66 valence electrons. The second-order valence-corrected chi connectivity index (χ2v) is 2.41. The molecule has 1 rings (SSSR count). The predicted molar refractivity (Wildman–Crippen MR) is 49.3 cm³/mol. The molecule has 0 aromatic carbocycles. The summed E-state index contributed by atoms with van der Waals surface area (Å²) in [6, 6.07) is 5.15. The summed E-state index contributed by atoms with van der Waals surface area (Å²) < 4.78 is 0. The van der Waals surface area contributed by atoms with Crippen LogP contribution in [0.1, 0.15) is 22.6 Å². The third kappa shape index (κ3) is 2.99. The predicted octanol–water partition coefficient (Wildman–Crippen LogP) is 1.50. The van der Waals surface area contributed by atoms with Gasteiger partial charge < -0.3 is 4.79 Å². The monoisotopic (exact) mass is 175 g/mol. The molecule has 0 bridgehead atoms. The molecule has 0 saturated carbocycles. The lowest BCUT2D eigenvalue weighted by atomic mass is 10.3. The first-order valence-corrected chi connectivity index (χ1v) is 3.89. The van der Waals surface area contributed by atoms with E-state index >= 15 is 0 Å². The molecule has 3 heteroatoms. The van der Waals surface area contributed by atoms with Gasteiger partial charge in [-0.05, 0) is 18.2 Å². The summed E-state index contributed by atoms with van der Waals surface area (Å²) in [5, 5.41) is 0. The number of rotatable bonds is 4. The molecule has 0 saturated heterocycles. The number of hydrogen-bond donors (Lipinski definition) is 0. The average molecular weight is 175 g/mol. The second kappa shape index (κ2) is 4.98. The lowest BCUT2D eigenvalue weighted by Crippen LogP contribution is -1.87. The summed E-state index contributed by atoms with van der Waals surface area (Å²) in [5.41, 5.74) is 1.08. The molecule has 0 aliphatic heterocycles. The molecular weight excluding hydrogens is 166 g/mol. The zero-order chi connectivity index (χ0) is 9.52. The second-order valence-electron chi connectivity index (χ2n) is 2.41. The number of nitrogens with zero attached hydrogens (tertiary/aromatic N) is 1. The van der Waals surface area contributed by atoms with Gasteiger partial charge in [-0.15, -0.1) is 0 Å². The van der Waals surface area contributed by atoms with Crippen molar-refractivity contribution in [2.24, 2.45) is 0 Å². The molecule has 0 fully saturated rings. The Morgan fingerprint density at radius 2 is 2.00 bits per heavy atom. The van der Waals surface area contributed by atoms with Gasteiger partial charge >= 0.3 is 0 Å². The van der Waals surface area contributed by atoms with Crippen molar-refractivity contribution in [3.8, 4) is 0 Å². The van der Waals surface area contributed by atoms with Gasteiger partial charge in [0.25, 0.3) is 0 Å². The smallest absolute Gasteiger partial charge is 0.168 e. The first-order valence-electron chi connectivity index (χ1n) is 3.89. The van der Waals surface area contributed by atoms with Crippen molar-refractivity contribution >= 4 is 18.6 Å². The Bertz CT molecular complexity index is 331. The molecule has 0 radical (unpaired) electrons. The molecular formula is C10H9NO2. The first-order chi connectivity index (χ1) is 6.36. The molecule has 0 atom stereocenters. The van der Waals surface area contributed by atoms with Crippen LogP contribution in [-0.2, 0) is 4.79 Å². The van der Waals surface area contributed by atoms with Crippen LogP contribution in [0, 0.1) is 0 Å². The van der Waals surface area contributed by atoms with Crippen LogP contribution in [0.5, 0.6) is 0 Å². The Balaban J connectivity index is 2.76. The largest absolute Gasteiger partial charge is 0.303 e. The first kappa shape index (κ1) is 9.32. The Kier molecular flexibility index (Phi) is 3.57. The number of carbonyl (C=O) groups is 2. The number of aldehydes is 2. The molecule has 3 nitrogen and oxygen atoms in total. The van der Waals surface area contributed by atoms with Gasteiger partial charge in [0, 0.05) is 6.42 Å². The molecule has 0 aliphatic carbocycles. The standard InChI is InChI=1S/C10H9NO2/c12-7-2-1-4-9-5-3-6-10(8-13)11-9/h1,3-8H,2H2. The quantitative estimate of drug-likeness (QED) is 0.651. The van der Waals surface area contributed by atoms with E-state index in [9.17, 15) is 9.59 Å². The van der Waals surface area contributed by atoms with Gasteiger partial charge in [-0.2, -0.15) is 0 Å². The topological polar surface area (TPSA) is 47.0 Å². The highest BCUT2D eigenvalue weighted by atomic mass is 16.1. The molecule has 0 N–H and O–H groups in total. The third-order valence-corrected chi connectivity index (χ3v) is 1.43. The SMILES string of the molecule is O=CCC=Cc1cccc(C=O)n1. The summed E-state index contributed by atoms with van der Waals surface area (Å²) in [5.74, 6) is 0. The van der Waals surface area contributed by atoms with E-state index < -0.39 is 0 Å². The van der Waals surface area contributed by atoms with E-state index in [1.54, 1.807) is 30.4 Å². The van der Waals surface area contributed by atoms with Crippen LogP contribution < -0.4 is 0 Å². The van der Waals surface area contributed by atoms with Gasteiger partial charge in [-0.25, -0.2) is 4.98 Å². The van der Waals surface area contributed by atoms with E-state index in [1.165, 1.54) is 0 Å². The summed E-state index contributed by atoms with van der Waals surface area (Å²) in [6.45, 7) is 0. The van der Waals surface area contributed by atoms with Gasteiger partial charge in [0.15, 0.2) is 6.29 Å². The Morgan fingerprint density at radius 1 is 1.23 bits per heavy atom. The zero-order valence-corrected chi connectivity index (χ0v) is 7.01. The minimum absolute atomic E-state index is 0.368. The maximum Gasteiger partial charge on any atom is 0.168 e. The van der Waals surface area contributed by atoms with E-state index in [0.717, 1.165) is 6.29 Å².